The van der Waals surface area contributed by atoms with Crippen molar-refractivity contribution in [2.75, 3.05) is 0 Å². The van der Waals surface area contributed by atoms with Crippen molar-refractivity contribution in [3.63, 3.8) is 0 Å². The summed E-state index contributed by atoms with van der Waals surface area (Å²) in [6, 6.07) is 14.7. The molecule has 0 saturated heterocycles. The monoisotopic (exact) mass is 342 g/mol. The molecule has 4 nitrogen and oxygen atoms in total. The fourth-order valence-electron chi connectivity index (χ4n) is 4.34. The number of nitrogens with two attached hydrogens (primary N) is 1. The molecule has 1 aromatic carbocycles. The summed E-state index contributed by atoms with van der Waals surface area (Å²) in [6.45, 7) is 4.26. The van der Waals surface area contributed by atoms with Crippen molar-refractivity contribution in [2.24, 2.45) is 17.1 Å². The van der Waals surface area contributed by atoms with Crippen LogP contribution in [0.25, 0.3) is 0 Å². The van der Waals surface area contributed by atoms with Crippen molar-refractivity contribution >= 4 is 0 Å². The molecule has 2 N–H and O–H groups in total. The summed E-state index contributed by atoms with van der Waals surface area (Å²) in [5.74, 6) is 0.0182. The van der Waals surface area contributed by atoms with Crippen LogP contribution in [-0.4, -0.2) is 0 Å². The van der Waals surface area contributed by atoms with E-state index in [4.69, 9.17) is 5.73 Å². The molecule has 0 saturated carbocycles. The molecular formula is C22H22N4. The molecule has 0 aliphatic heterocycles. The fraction of sp³-hybridized carbons (Fsp3) is 0.409. The lowest BCUT2D eigenvalue weighted by molar-refractivity contribution is 0.317. The lowest BCUT2D eigenvalue weighted by Gasteiger charge is -2.43. The predicted molar refractivity (Wildman–Crippen MR) is 99.2 cm³/mol. The van der Waals surface area contributed by atoms with Crippen molar-refractivity contribution in [1.29, 1.82) is 15.8 Å². The van der Waals surface area contributed by atoms with Gasteiger partial charge >= 0.3 is 0 Å². The molecule has 3 rings (SSSR count). The van der Waals surface area contributed by atoms with Crippen molar-refractivity contribution in [2.45, 2.75) is 44.9 Å². The van der Waals surface area contributed by atoms with Crippen LogP contribution < -0.4 is 5.73 Å². The zero-order valence-corrected chi connectivity index (χ0v) is 15.2. The highest BCUT2D eigenvalue weighted by molar-refractivity contribution is 5.59. The van der Waals surface area contributed by atoms with E-state index in [1.165, 1.54) is 5.56 Å². The summed E-state index contributed by atoms with van der Waals surface area (Å²) >= 11 is 0. The van der Waals surface area contributed by atoms with Gasteiger partial charge in [-0.25, -0.2) is 0 Å². The maximum absolute atomic E-state index is 9.97. The lowest BCUT2D eigenvalue weighted by Crippen LogP contribution is -2.42. The zero-order valence-electron chi connectivity index (χ0n) is 15.2. The quantitative estimate of drug-likeness (QED) is 0.861. The van der Waals surface area contributed by atoms with Crippen molar-refractivity contribution in [1.82, 2.24) is 0 Å². The average molecular weight is 342 g/mol. The van der Waals surface area contributed by atoms with E-state index in [-0.39, 0.29) is 17.5 Å². The first-order valence-corrected chi connectivity index (χ1v) is 9.03. The Morgan fingerprint density at radius 2 is 1.77 bits per heavy atom. The second-order valence-corrected chi connectivity index (χ2v) is 7.43. The van der Waals surface area contributed by atoms with E-state index < -0.39 is 5.41 Å². The van der Waals surface area contributed by atoms with Crippen LogP contribution in [0.1, 0.15) is 56.1 Å². The number of hydrogen-bond acceptors (Lipinski definition) is 4. The Morgan fingerprint density at radius 3 is 2.31 bits per heavy atom. The van der Waals surface area contributed by atoms with Crippen LogP contribution in [0.5, 0.6) is 0 Å². The lowest BCUT2D eigenvalue weighted by atomic mass is 9.56. The van der Waals surface area contributed by atoms with Gasteiger partial charge in [-0.1, -0.05) is 44.2 Å². The molecule has 0 heterocycles. The van der Waals surface area contributed by atoms with Crippen LogP contribution in [0.15, 0.2) is 47.2 Å². The van der Waals surface area contributed by atoms with Crippen LogP contribution in [0, 0.1) is 45.3 Å². The van der Waals surface area contributed by atoms with Gasteiger partial charge in [0.15, 0.2) is 5.41 Å². The minimum atomic E-state index is -1.51. The molecule has 0 aromatic heterocycles. The molecule has 0 unspecified atom stereocenters. The molecule has 0 bridgehead atoms. The molecule has 2 aliphatic carbocycles. The van der Waals surface area contributed by atoms with Crippen LogP contribution in [0.4, 0.5) is 0 Å². The number of benzene rings is 1. The maximum atomic E-state index is 9.97. The smallest absolute Gasteiger partial charge is 0.191 e. The number of nitrogens with zero attached hydrogens (tertiary/aromatic N) is 3. The van der Waals surface area contributed by atoms with Crippen LogP contribution in [0.3, 0.4) is 0 Å². The highest BCUT2D eigenvalue weighted by Gasteiger charge is 2.53. The molecule has 26 heavy (non-hydrogen) atoms. The van der Waals surface area contributed by atoms with Gasteiger partial charge in [0.05, 0.1) is 23.4 Å². The Morgan fingerprint density at radius 1 is 1.12 bits per heavy atom. The Balaban J connectivity index is 2.25. The van der Waals surface area contributed by atoms with Gasteiger partial charge in [-0.2, -0.15) is 15.8 Å². The van der Waals surface area contributed by atoms with Gasteiger partial charge in [0, 0.05) is 5.92 Å². The van der Waals surface area contributed by atoms with Crippen LogP contribution in [-0.2, 0) is 0 Å². The van der Waals surface area contributed by atoms with E-state index in [1.54, 1.807) is 0 Å². The number of fused-ring (bicyclic) bond motifs is 1. The Labute approximate surface area is 154 Å². The highest BCUT2D eigenvalue weighted by atomic mass is 14.7. The summed E-state index contributed by atoms with van der Waals surface area (Å²) in [7, 11) is 0. The van der Waals surface area contributed by atoms with Gasteiger partial charge in [-0.3, -0.25) is 0 Å². The first-order chi connectivity index (χ1) is 12.5. The molecule has 0 fully saturated rings. The third kappa shape index (κ3) is 2.49. The van der Waals surface area contributed by atoms with E-state index in [9.17, 15) is 15.8 Å². The van der Waals surface area contributed by atoms with E-state index in [0.29, 0.717) is 11.5 Å². The summed E-state index contributed by atoms with van der Waals surface area (Å²) in [6.07, 6.45) is 4.80. The number of hydrogen-bond donors (Lipinski definition) is 1. The number of allylic oxidation sites excluding steroid dienone is 4. The average Bonchev–Trinajstić information content (AvgIpc) is 2.67. The van der Waals surface area contributed by atoms with Gasteiger partial charge in [-0.05, 0) is 47.8 Å². The summed E-state index contributed by atoms with van der Waals surface area (Å²) < 4.78 is 0. The standard InChI is InChI=1S/C22H22N4/c1-14(2)15-7-9-16(10-8-15)20-18-6-4-3-5-17(18)19(11-23)21(26)22(20,12-24)13-25/h5,7-10,14,18,20H,3-4,6,26H2,1-2H3/t18-,20-/m1/s1. The van der Waals surface area contributed by atoms with Crippen LogP contribution in [0.2, 0.25) is 0 Å². The van der Waals surface area contributed by atoms with Crippen molar-refractivity contribution in [3.8, 4) is 18.2 Å². The van der Waals surface area contributed by atoms with E-state index in [0.717, 1.165) is 30.4 Å². The minimum absolute atomic E-state index is 0.0325. The first kappa shape index (κ1) is 17.8. The first-order valence-electron chi connectivity index (χ1n) is 9.03. The Hall–Kier alpha value is -3.03. The maximum Gasteiger partial charge on any atom is 0.191 e. The molecule has 0 spiro atoms. The molecule has 2 aliphatic rings. The van der Waals surface area contributed by atoms with Crippen molar-refractivity contribution in [3.05, 3.63) is 58.3 Å². The Kier molecular flexibility index (Phi) is 4.58. The zero-order chi connectivity index (χ0) is 18.9. The second kappa shape index (κ2) is 6.70. The number of rotatable bonds is 2. The molecule has 130 valence electrons. The van der Waals surface area contributed by atoms with Gasteiger partial charge in [0.25, 0.3) is 0 Å². The Bertz CT molecular complexity index is 883. The minimum Gasteiger partial charge on any atom is -0.399 e. The summed E-state index contributed by atoms with van der Waals surface area (Å²) in [5.41, 5.74) is 8.26. The van der Waals surface area contributed by atoms with Gasteiger partial charge < -0.3 is 5.73 Å². The van der Waals surface area contributed by atoms with Gasteiger partial charge in [0.1, 0.15) is 6.07 Å². The molecule has 0 radical (unpaired) electrons. The third-order valence-corrected chi connectivity index (χ3v) is 5.76. The normalized spacial score (nSPS) is 24.1. The molecule has 2 atom stereocenters. The third-order valence-electron chi connectivity index (χ3n) is 5.76. The number of nitriles is 3. The molecular weight excluding hydrogens is 320 g/mol. The van der Waals surface area contributed by atoms with Gasteiger partial charge in [-0.15, -0.1) is 0 Å². The summed E-state index contributed by atoms with van der Waals surface area (Å²) in [4.78, 5) is 0. The largest absolute Gasteiger partial charge is 0.399 e. The second-order valence-electron chi connectivity index (χ2n) is 7.43. The van der Waals surface area contributed by atoms with E-state index in [1.807, 2.05) is 12.1 Å². The molecule has 0 amide bonds. The van der Waals surface area contributed by atoms with E-state index >= 15 is 0 Å². The van der Waals surface area contributed by atoms with E-state index in [2.05, 4.69) is 50.3 Å². The topological polar surface area (TPSA) is 97.4 Å². The van der Waals surface area contributed by atoms with Crippen molar-refractivity contribution < 1.29 is 0 Å². The van der Waals surface area contributed by atoms with Crippen LogP contribution >= 0.6 is 0 Å². The summed E-state index contributed by atoms with van der Waals surface area (Å²) in [5, 5.41) is 29.6. The highest BCUT2D eigenvalue weighted by Crippen LogP contribution is 2.55. The van der Waals surface area contributed by atoms with Gasteiger partial charge in [0.2, 0.25) is 0 Å². The SMILES string of the molecule is CC(C)c1ccc([C@@H]2[C@@H]3CCCC=C3C(C#N)=C(N)C2(C#N)C#N)cc1. The molecule has 1 aromatic rings. The molecule has 4 heteroatoms. The fourth-order valence-corrected chi connectivity index (χ4v) is 4.34. The predicted octanol–water partition coefficient (Wildman–Crippen LogP) is 4.40.